The summed E-state index contributed by atoms with van der Waals surface area (Å²) in [4.78, 5) is 19.2. The molecule has 0 bridgehead atoms. The maximum atomic E-state index is 12.6. The van der Waals surface area contributed by atoms with Crippen LogP contribution in [0.25, 0.3) is 0 Å². The largest absolute Gasteiger partial charge is 0.348 e. The van der Waals surface area contributed by atoms with Gasteiger partial charge in [-0.1, -0.05) is 23.7 Å². The number of amides is 1. The van der Waals surface area contributed by atoms with Crippen LogP contribution in [-0.4, -0.2) is 21.9 Å². The van der Waals surface area contributed by atoms with E-state index in [2.05, 4.69) is 15.3 Å². The van der Waals surface area contributed by atoms with Gasteiger partial charge in [-0.05, 0) is 42.5 Å². The maximum absolute atomic E-state index is 12.6. The average Bonchev–Trinajstić information content (AvgIpc) is 2.50. The normalized spacial score (nSPS) is 20.2. The van der Waals surface area contributed by atoms with Crippen molar-refractivity contribution in [2.24, 2.45) is 0 Å². The Morgan fingerprint density at radius 1 is 1.26 bits per heavy atom. The number of hydrogen-bond acceptors (Lipinski definition) is 3. The van der Waals surface area contributed by atoms with Gasteiger partial charge in [0.25, 0.3) is 12.3 Å². The lowest BCUT2D eigenvalue weighted by Gasteiger charge is -2.36. The molecule has 1 amide bonds. The Morgan fingerprint density at radius 3 is 2.74 bits per heavy atom. The van der Waals surface area contributed by atoms with Crippen molar-refractivity contribution in [2.45, 2.75) is 31.2 Å². The van der Waals surface area contributed by atoms with Crippen LogP contribution >= 0.6 is 11.6 Å². The van der Waals surface area contributed by atoms with Crippen molar-refractivity contribution < 1.29 is 13.6 Å². The van der Waals surface area contributed by atoms with E-state index in [1.807, 2.05) is 24.3 Å². The Morgan fingerprint density at radius 2 is 2.04 bits per heavy atom. The van der Waals surface area contributed by atoms with E-state index < -0.39 is 18.0 Å². The van der Waals surface area contributed by atoms with Gasteiger partial charge in [0.1, 0.15) is 17.7 Å². The van der Waals surface area contributed by atoms with Gasteiger partial charge in [0.15, 0.2) is 0 Å². The van der Waals surface area contributed by atoms with E-state index in [0.717, 1.165) is 30.8 Å². The fourth-order valence-corrected chi connectivity index (χ4v) is 2.84. The number of alkyl halides is 2. The fraction of sp³-hybridized carbons (Fsp3) is 0.312. The summed E-state index contributed by atoms with van der Waals surface area (Å²) in [6.07, 6.45) is -0.163. The third-order valence-corrected chi connectivity index (χ3v) is 4.17. The molecule has 2 aromatic rings. The zero-order valence-corrected chi connectivity index (χ0v) is 12.8. The number of nitrogens with zero attached hydrogens (tertiary/aromatic N) is 2. The predicted molar refractivity (Wildman–Crippen MR) is 81.7 cm³/mol. The minimum atomic E-state index is -2.72. The summed E-state index contributed by atoms with van der Waals surface area (Å²) in [6, 6.07) is 8.68. The van der Waals surface area contributed by atoms with Crippen LogP contribution in [-0.2, 0) is 0 Å². The minimum absolute atomic E-state index is 0.0106. The molecule has 1 saturated carbocycles. The van der Waals surface area contributed by atoms with Gasteiger partial charge in [0.05, 0.1) is 0 Å². The Labute approximate surface area is 136 Å². The first-order valence-electron chi connectivity index (χ1n) is 7.19. The molecule has 7 heteroatoms. The molecular weight excluding hydrogens is 324 g/mol. The van der Waals surface area contributed by atoms with Crippen molar-refractivity contribution >= 4 is 17.5 Å². The highest BCUT2D eigenvalue weighted by molar-refractivity contribution is 6.30. The second-order valence-corrected chi connectivity index (χ2v) is 5.96. The van der Waals surface area contributed by atoms with Crippen LogP contribution in [0.15, 0.2) is 36.7 Å². The van der Waals surface area contributed by atoms with Crippen molar-refractivity contribution in [3.05, 3.63) is 58.6 Å². The van der Waals surface area contributed by atoms with E-state index in [-0.39, 0.29) is 11.7 Å². The molecule has 0 unspecified atom stereocenters. The number of halogens is 3. The molecule has 0 saturated heterocycles. The van der Waals surface area contributed by atoms with Gasteiger partial charge in [-0.3, -0.25) is 4.79 Å². The molecule has 120 valence electrons. The van der Waals surface area contributed by atoms with Crippen molar-refractivity contribution in [1.82, 2.24) is 15.3 Å². The molecule has 0 atom stereocenters. The van der Waals surface area contributed by atoms with E-state index in [9.17, 15) is 13.6 Å². The lowest BCUT2D eigenvalue weighted by Crippen LogP contribution is -2.43. The highest BCUT2D eigenvalue weighted by Crippen LogP contribution is 2.37. The second-order valence-electron chi connectivity index (χ2n) is 5.52. The molecular formula is C16H14ClF2N3O. The van der Waals surface area contributed by atoms with Crippen molar-refractivity contribution in [2.75, 3.05) is 0 Å². The summed E-state index contributed by atoms with van der Waals surface area (Å²) in [5, 5.41) is 3.50. The molecule has 3 rings (SSSR count). The number of benzene rings is 1. The molecule has 1 fully saturated rings. The molecule has 0 aliphatic heterocycles. The highest BCUT2D eigenvalue weighted by atomic mass is 35.5. The predicted octanol–water partition coefficient (Wildman–Crippen LogP) is 3.74. The summed E-state index contributed by atoms with van der Waals surface area (Å²) in [6.45, 7) is 0. The molecule has 1 N–H and O–H groups in total. The fourth-order valence-electron chi connectivity index (χ4n) is 2.64. The first-order chi connectivity index (χ1) is 11.0. The molecule has 1 aliphatic rings. The van der Waals surface area contributed by atoms with E-state index >= 15 is 0 Å². The highest BCUT2D eigenvalue weighted by Gasteiger charge is 2.32. The molecule has 0 spiro atoms. The Bertz CT molecular complexity index is 720. The van der Waals surface area contributed by atoms with E-state index in [1.165, 1.54) is 0 Å². The number of carbonyl (C=O) groups is 1. The van der Waals surface area contributed by atoms with Gasteiger partial charge in [0, 0.05) is 11.1 Å². The number of nitrogens with one attached hydrogen (secondary N) is 1. The summed E-state index contributed by atoms with van der Waals surface area (Å²) in [7, 11) is 0. The number of hydrogen-bond donors (Lipinski definition) is 1. The molecule has 1 heterocycles. The van der Waals surface area contributed by atoms with Gasteiger partial charge in [-0.25, -0.2) is 18.7 Å². The van der Waals surface area contributed by atoms with Crippen molar-refractivity contribution in [1.29, 1.82) is 0 Å². The summed E-state index contributed by atoms with van der Waals surface area (Å²) in [5.74, 6) is -0.107. The van der Waals surface area contributed by atoms with Gasteiger partial charge in [0.2, 0.25) is 0 Å². The van der Waals surface area contributed by atoms with Crippen LogP contribution in [0.1, 0.15) is 46.9 Å². The smallest absolute Gasteiger partial charge is 0.280 e. The molecule has 1 aromatic heterocycles. The van der Waals surface area contributed by atoms with Crippen LogP contribution in [0.5, 0.6) is 0 Å². The molecule has 23 heavy (non-hydrogen) atoms. The lowest BCUT2D eigenvalue weighted by molar-refractivity contribution is 0.0902. The van der Waals surface area contributed by atoms with Crippen LogP contribution < -0.4 is 5.32 Å². The SMILES string of the molecule is O=C(NC1CC(c2cccc(Cl)c2)C1)c1cc(C(F)F)ncn1. The summed E-state index contributed by atoms with van der Waals surface area (Å²) in [5.41, 5.74) is 0.655. The van der Waals surface area contributed by atoms with Crippen LogP contribution in [0, 0.1) is 0 Å². The molecule has 1 aliphatic carbocycles. The lowest BCUT2D eigenvalue weighted by atomic mass is 9.76. The van der Waals surface area contributed by atoms with E-state index in [4.69, 9.17) is 11.6 Å². The Hall–Kier alpha value is -2.08. The number of rotatable bonds is 4. The van der Waals surface area contributed by atoms with Crippen LogP contribution in [0.4, 0.5) is 8.78 Å². The molecule has 1 aromatic carbocycles. The first kappa shape index (κ1) is 15.8. The van der Waals surface area contributed by atoms with E-state index in [0.29, 0.717) is 10.9 Å². The zero-order valence-electron chi connectivity index (χ0n) is 12.0. The van der Waals surface area contributed by atoms with E-state index in [1.54, 1.807) is 0 Å². The first-order valence-corrected chi connectivity index (χ1v) is 7.57. The zero-order chi connectivity index (χ0) is 16.4. The summed E-state index contributed by atoms with van der Waals surface area (Å²) < 4.78 is 25.2. The Kier molecular flexibility index (Phi) is 4.52. The van der Waals surface area contributed by atoms with Gasteiger partial charge in [-0.15, -0.1) is 0 Å². The summed E-state index contributed by atoms with van der Waals surface area (Å²) >= 11 is 5.97. The van der Waals surface area contributed by atoms with Gasteiger partial charge < -0.3 is 5.32 Å². The third-order valence-electron chi connectivity index (χ3n) is 3.94. The molecule has 0 radical (unpaired) electrons. The van der Waals surface area contributed by atoms with Crippen LogP contribution in [0.3, 0.4) is 0 Å². The number of aromatic nitrogens is 2. The third kappa shape index (κ3) is 3.64. The van der Waals surface area contributed by atoms with Crippen molar-refractivity contribution in [3.8, 4) is 0 Å². The molecule has 4 nitrogen and oxygen atoms in total. The standard InChI is InChI=1S/C16H14ClF2N3O/c17-11-3-1-2-9(4-11)10-5-12(6-10)22-16(23)14-7-13(15(18)19)20-8-21-14/h1-4,7-8,10,12,15H,5-6H2,(H,22,23). The average molecular weight is 338 g/mol. The second kappa shape index (κ2) is 6.58. The maximum Gasteiger partial charge on any atom is 0.280 e. The van der Waals surface area contributed by atoms with Gasteiger partial charge >= 0.3 is 0 Å². The number of carbonyl (C=O) groups excluding carboxylic acids is 1. The minimum Gasteiger partial charge on any atom is -0.348 e. The van der Waals surface area contributed by atoms with Crippen LogP contribution in [0.2, 0.25) is 5.02 Å². The van der Waals surface area contributed by atoms with Crippen molar-refractivity contribution in [3.63, 3.8) is 0 Å². The topological polar surface area (TPSA) is 54.9 Å². The van der Waals surface area contributed by atoms with Gasteiger partial charge in [-0.2, -0.15) is 0 Å². The monoisotopic (exact) mass is 337 g/mol. The quantitative estimate of drug-likeness (QED) is 0.924. The Balaban J connectivity index is 1.57.